The Morgan fingerprint density at radius 1 is 1.53 bits per heavy atom. The highest BCUT2D eigenvalue weighted by Gasteiger charge is 2.38. The van der Waals surface area contributed by atoms with Crippen LogP contribution in [0.2, 0.25) is 0 Å². The summed E-state index contributed by atoms with van der Waals surface area (Å²) in [5.41, 5.74) is 2.19. The molecule has 1 saturated heterocycles. The molecule has 0 saturated carbocycles. The number of thiazole rings is 1. The number of carbonyl (C=O) groups excluding carboxylic acids is 1. The van der Waals surface area contributed by atoms with Gasteiger partial charge in [-0.25, -0.2) is 9.78 Å². The predicted molar refractivity (Wildman–Crippen MR) is 73.4 cm³/mol. The summed E-state index contributed by atoms with van der Waals surface area (Å²) in [6.45, 7) is 8.23. The Morgan fingerprint density at radius 2 is 2.21 bits per heavy atom. The summed E-state index contributed by atoms with van der Waals surface area (Å²) in [7, 11) is 0. The van der Waals surface area contributed by atoms with Crippen molar-refractivity contribution >= 4 is 17.4 Å². The number of nitrogens with zero attached hydrogens (tertiary/aromatic N) is 2. The van der Waals surface area contributed by atoms with E-state index in [1.807, 2.05) is 27.7 Å². The van der Waals surface area contributed by atoms with Crippen LogP contribution in [-0.4, -0.2) is 45.9 Å². The molecule has 2 heterocycles. The molecule has 1 aromatic heterocycles. The fraction of sp³-hybridized carbons (Fsp3) is 0.692. The van der Waals surface area contributed by atoms with Crippen LogP contribution in [0.5, 0.6) is 0 Å². The van der Waals surface area contributed by atoms with Gasteiger partial charge in [0, 0.05) is 17.3 Å². The van der Waals surface area contributed by atoms with Crippen LogP contribution in [0, 0.1) is 6.92 Å². The maximum atomic E-state index is 12.0. The van der Waals surface area contributed by atoms with Crippen LogP contribution in [-0.2, 0) is 4.74 Å². The van der Waals surface area contributed by atoms with Gasteiger partial charge in [-0.2, -0.15) is 0 Å². The molecule has 1 aliphatic rings. The molecule has 0 aromatic carbocycles. The van der Waals surface area contributed by atoms with E-state index in [1.54, 1.807) is 10.4 Å². The number of amides is 1. The van der Waals surface area contributed by atoms with Crippen LogP contribution in [0.4, 0.5) is 4.79 Å². The highest BCUT2D eigenvalue weighted by Crippen LogP contribution is 2.32. The standard InChI is InChI=1S/C13H20N2O3S/c1-8-11(19-7-14-8)9-5-15(6-10(9)16)12(17)18-13(2,3)4/h7,9-10,16H,5-6H2,1-4H3. The van der Waals surface area contributed by atoms with Crippen LogP contribution in [0.3, 0.4) is 0 Å². The van der Waals surface area contributed by atoms with Crippen LogP contribution in [0.1, 0.15) is 37.3 Å². The first-order valence-corrected chi connectivity index (χ1v) is 7.22. The number of β-amino-alcohol motifs (C(OH)–C–C–N with tert-alkyl or cyclic N) is 1. The second kappa shape index (κ2) is 5.09. The van der Waals surface area contributed by atoms with Gasteiger partial charge in [0.2, 0.25) is 0 Å². The van der Waals surface area contributed by atoms with E-state index in [9.17, 15) is 9.90 Å². The van der Waals surface area contributed by atoms with Gasteiger partial charge in [0.15, 0.2) is 0 Å². The van der Waals surface area contributed by atoms with Gasteiger partial charge >= 0.3 is 6.09 Å². The summed E-state index contributed by atoms with van der Waals surface area (Å²) in [6, 6.07) is 0. The predicted octanol–water partition coefficient (Wildman–Crippen LogP) is 2.15. The van der Waals surface area contributed by atoms with Gasteiger partial charge in [-0.3, -0.25) is 0 Å². The Balaban J connectivity index is 2.06. The zero-order valence-electron chi connectivity index (χ0n) is 11.7. The number of rotatable bonds is 1. The number of aliphatic hydroxyl groups is 1. The Hall–Kier alpha value is -1.14. The summed E-state index contributed by atoms with van der Waals surface area (Å²) in [5, 5.41) is 10.1. The van der Waals surface area contributed by atoms with Crippen LogP contribution >= 0.6 is 11.3 Å². The van der Waals surface area contributed by atoms with E-state index in [2.05, 4.69) is 4.98 Å². The molecule has 1 N–H and O–H groups in total. The lowest BCUT2D eigenvalue weighted by molar-refractivity contribution is 0.0270. The van der Waals surface area contributed by atoms with Crippen LogP contribution in [0.15, 0.2) is 5.51 Å². The molecule has 106 valence electrons. The fourth-order valence-electron chi connectivity index (χ4n) is 2.19. The van der Waals surface area contributed by atoms with Crippen LogP contribution < -0.4 is 0 Å². The summed E-state index contributed by atoms with van der Waals surface area (Å²) in [5.74, 6) is -0.0555. The zero-order valence-corrected chi connectivity index (χ0v) is 12.5. The third-order valence-corrected chi connectivity index (χ3v) is 4.12. The lowest BCUT2D eigenvalue weighted by Gasteiger charge is -2.24. The average molecular weight is 284 g/mol. The first kappa shape index (κ1) is 14.3. The monoisotopic (exact) mass is 284 g/mol. The number of aromatic nitrogens is 1. The first-order valence-electron chi connectivity index (χ1n) is 6.34. The molecular weight excluding hydrogens is 264 g/mol. The number of ether oxygens (including phenoxy) is 1. The summed E-state index contributed by atoms with van der Waals surface area (Å²) in [4.78, 5) is 18.8. The fourth-order valence-corrected chi connectivity index (χ4v) is 3.14. The van der Waals surface area contributed by atoms with Gasteiger partial charge in [0.1, 0.15) is 5.60 Å². The zero-order chi connectivity index (χ0) is 14.2. The van der Waals surface area contributed by atoms with E-state index in [0.29, 0.717) is 13.1 Å². The molecule has 1 aromatic rings. The van der Waals surface area contributed by atoms with Crippen molar-refractivity contribution in [1.82, 2.24) is 9.88 Å². The van der Waals surface area contributed by atoms with Gasteiger partial charge in [-0.15, -0.1) is 11.3 Å². The first-order chi connectivity index (χ1) is 8.78. The van der Waals surface area contributed by atoms with Crippen molar-refractivity contribution in [2.75, 3.05) is 13.1 Å². The molecule has 0 bridgehead atoms. The molecule has 19 heavy (non-hydrogen) atoms. The molecule has 2 unspecified atom stereocenters. The number of carbonyl (C=O) groups is 1. The minimum absolute atomic E-state index is 0.0555. The number of aliphatic hydroxyl groups excluding tert-OH is 1. The van der Waals surface area contributed by atoms with Crippen molar-refractivity contribution in [3.63, 3.8) is 0 Å². The number of likely N-dealkylation sites (tertiary alicyclic amines) is 1. The van der Waals surface area contributed by atoms with Gasteiger partial charge in [0.05, 0.1) is 23.9 Å². The molecule has 1 amide bonds. The number of hydrogen-bond donors (Lipinski definition) is 1. The largest absolute Gasteiger partial charge is 0.444 e. The average Bonchev–Trinajstić information content (AvgIpc) is 2.82. The van der Waals surface area contributed by atoms with E-state index in [0.717, 1.165) is 10.6 Å². The van der Waals surface area contributed by atoms with Crippen molar-refractivity contribution in [1.29, 1.82) is 0 Å². The second-order valence-corrected chi connectivity index (χ2v) is 6.75. The van der Waals surface area contributed by atoms with Crippen molar-refractivity contribution < 1.29 is 14.6 Å². The Labute approximate surface area is 117 Å². The molecular formula is C13H20N2O3S. The summed E-state index contributed by atoms with van der Waals surface area (Å²) < 4.78 is 5.33. The topological polar surface area (TPSA) is 62.7 Å². The molecule has 0 radical (unpaired) electrons. The number of hydrogen-bond acceptors (Lipinski definition) is 5. The second-order valence-electron chi connectivity index (χ2n) is 5.86. The minimum atomic E-state index is -0.549. The Bertz CT molecular complexity index is 467. The van der Waals surface area contributed by atoms with Crippen molar-refractivity contribution in [3.8, 4) is 0 Å². The third kappa shape index (κ3) is 3.25. The van der Waals surface area contributed by atoms with Gasteiger partial charge in [-0.05, 0) is 27.7 Å². The van der Waals surface area contributed by atoms with E-state index in [-0.39, 0.29) is 12.0 Å². The SMILES string of the molecule is Cc1ncsc1C1CN(C(=O)OC(C)(C)C)CC1O. The lowest BCUT2D eigenvalue weighted by Crippen LogP contribution is -2.35. The highest BCUT2D eigenvalue weighted by molar-refractivity contribution is 7.09. The van der Waals surface area contributed by atoms with Gasteiger partial charge in [-0.1, -0.05) is 0 Å². The molecule has 2 atom stereocenters. The van der Waals surface area contributed by atoms with E-state index < -0.39 is 11.7 Å². The maximum Gasteiger partial charge on any atom is 0.410 e. The summed E-state index contributed by atoms with van der Waals surface area (Å²) in [6.07, 6.45) is -0.914. The van der Waals surface area contributed by atoms with Crippen molar-refractivity contribution in [2.45, 2.75) is 45.3 Å². The van der Waals surface area contributed by atoms with Crippen molar-refractivity contribution in [2.24, 2.45) is 0 Å². The van der Waals surface area contributed by atoms with Crippen LogP contribution in [0.25, 0.3) is 0 Å². The smallest absolute Gasteiger partial charge is 0.410 e. The minimum Gasteiger partial charge on any atom is -0.444 e. The molecule has 1 fully saturated rings. The Kier molecular flexibility index (Phi) is 3.82. The maximum absolute atomic E-state index is 12.0. The molecule has 0 spiro atoms. The lowest BCUT2D eigenvalue weighted by atomic mass is 10.0. The van der Waals surface area contributed by atoms with E-state index in [1.165, 1.54) is 11.3 Å². The van der Waals surface area contributed by atoms with Gasteiger partial charge in [0.25, 0.3) is 0 Å². The normalized spacial score (nSPS) is 23.7. The molecule has 0 aliphatic carbocycles. The highest BCUT2D eigenvalue weighted by atomic mass is 32.1. The molecule has 5 nitrogen and oxygen atoms in total. The van der Waals surface area contributed by atoms with Gasteiger partial charge < -0.3 is 14.7 Å². The summed E-state index contributed by atoms with van der Waals surface area (Å²) >= 11 is 1.53. The molecule has 1 aliphatic heterocycles. The third-order valence-electron chi connectivity index (χ3n) is 3.06. The van der Waals surface area contributed by atoms with E-state index in [4.69, 9.17) is 4.74 Å². The molecule has 6 heteroatoms. The Morgan fingerprint density at radius 3 is 2.74 bits per heavy atom. The molecule has 2 rings (SSSR count). The van der Waals surface area contributed by atoms with E-state index >= 15 is 0 Å². The van der Waals surface area contributed by atoms with Crippen molar-refractivity contribution in [3.05, 3.63) is 16.1 Å². The number of aryl methyl sites for hydroxylation is 1. The quantitative estimate of drug-likeness (QED) is 0.858.